The quantitative estimate of drug-likeness (QED) is 0.352. The predicted molar refractivity (Wildman–Crippen MR) is 113 cm³/mol. The Morgan fingerprint density at radius 3 is 2.64 bits per heavy atom. The van der Waals surface area contributed by atoms with Crippen LogP contribution in [0, 0.1) is 6.92 Å². The Bertz CT molecular complexity index is 742. The molecule has 2 N–H and O–H groups in total. The average Bonchev–Trinajstić information content (AvgIpc) is 3.12. The highest BCUT2D eigenvalue weighted by Gasteiger charge is 2.05. The van der Waals surface area contributed by atoms with Crippen LogP contribution in [0.25, 0.3) is 0 Å². The Kier molecular flexibility index (Phi) is 9.18. The summed E-state index contributed by atoms with van der Waals surface area (Å²) in [6.45, 7) is 7.55. The first kappa shape index (κ1) is 21.6. The zero-order valence-electron chi connectivity index (χ0n) is 17.5. The highest BCUT2D eigenvalue weighted by molar-refractivity contribution is 5.79. The first-order chi connectivity index (χ1) is 13.7. The van der Waals surface area contributed by atoms with Crippen LogP contribution >= 0.6 is 0 Å². The first-order valence-corrected chi connectivity index (χ1v) is 9.88. The highest BCUT2D eigenvalue weighted by atomic mass is 16.5. The number of imidazole rings is 1. The number of nitrogens with zero attached hydrogens (tertiary/aromatic N) is 3. The van der Waals surface area contributed by atoms with Gasteiger partial charge in [-0.15, -0.1) is 0 Å². The van der Waals surface area contributed by atoms with Crippen molar-refractivity contribution in [3.8, 4) is 11.5 Å². The summed E-state index contributed by atoms with van der Waals surface area (Å²) >= 11 is 0. The smallest absolute Gasteiger partial charge is 0.191 e. The van der Waals surface area contributed by atoms with Gasteiger partial charge in [-0.3, -0.25) is 4.99 Å². The standard InChI is InChI=1S/C21H33N5O2/c1-5-22-21(24-11-6-7-14-26-15-13-23-17(26)2)25-12-10-18-8-9-19(27-3)20(16-18)28-4/h8-9,13,15-16H,5-7,10-12,14H2,1-4H3,(H2,22,24,25). The number of ether oxygens (including phenoxy) is 2. The third-order valence-electron chi connectivity index (χ3n) is 4.50. The first-order valence-electron chi connectivity index (χ1n) is 9.88. The van der Waals surface area contributed by atoms with Crippen LogP contribution in [0.15, 0.2) is 35.6 Å². The van der Waals surface area contributed by atoms with Gasteiger partial charge in [-0.2, -0.15) is 0 Å². The maximum absolute atomic E-state index is 5.37. The van der Waals surface area contributed by atoms with Crippen molar-refractivity contribution >= 4 is 5.96 Å². The van der Waals surface area contributed by atoms with Crippen LogP contribution in [0.5, 0.6) is 11.5 Å². The van der Waals surface area contributed by atoms with E-state index in [0.717, 1.165) is 68.7 Å². The zero-order chi connectivity index (χ0) is 20.2. The summed E-state index contributed by atoms with van der Waals surface area (Å²) in [6, 6.07) is 6.02. The van der Waals surface area contributed by atoms with Crippen molar-refractivity contribution in [2.45, 2.75) is 39.7 Å². The van der Waals surface area contributed by atoms with E-state index in [1.54, 1.807) is 14.2 Å². The Labute approximate surface area is 168 Å². The molecule has 28 heavy (non-hydrogen) atoms. The molecule has 0 fully saturated rings. The van der Waals surface area contributed by atoms with Gasteiger partial charge in [-0.05, 0) is 50.8 Å². The van der Waals surface area contributed by atoms with E-state index in [0.29, 0.717) is 0 Å². The van der Waals surface area contributed by atoms with E-state index in [9.17, 15) is 0 Å². The Morgan fingerprint density at radius 2 is 1.96 bits per heavy atom. The summed E-state index contributed by atoms with van der Waals surface area (Å²) in [5.41, 5.74) is 1.19. The number of rotatable bonds is 11. The molecule has 2 rings (SSSR count). The molecule has 0 radical (unpaired) electrons. The van der Waals surface area contributed by atoms with E-state index in [1.807, 2.05) is 31.5 Å². The summed E-state index contributed by atoms with van der Waals surface area (Å²) < 4.78 is 12.8. The number of nitrogens with one attached hydrogen (secondary N) is 2. The molecule has 0 unspecified atom stereocenters. The van der Waals surface area contributed by atoms with E-state index in [-0.39, 0.29) is 0 Å². The van der Waals surface area contributed by atoms with Crippen LogP contribution in [-0.2, 0) is 13.0 Å². The number of unbranched alkanes of at least 4 members (excludes halogenated alkanes) is 1. The lowest BCUT2D eigenvalue weighted by Gasteiger charge is -2.13. The van der Waals surface area contributed by atoms with E-state index in [2.05, 4.69) is 38.2 Å². The van der Waals surface area contributed by atoms with Crippen molar-refractivity contribution in [1.82, 2.24) is 20.2 Å². The number of benzene rings is 1. The SMILES string of the molecule is CCNC(=NCCCCn1ccnc1C)NCCc1ccc(OC)c(OC)c1. The second-order valence-corrected chi connectivity index (χ2v) is 6.50. The lowest BCUT2D eigenvalue weighted by molar-refractivity contribution is 0.354. The van der Waals surface area contributed by atoms with Gasteiger partial charge in [-0.1, -0.05) is 6.07 Å². The number of hydrogen-bond acceptors (Lipinski definition) is 4. The lowest BCUT2D eigenvalue weighted by atomic mass is 10.1. The minimum absolute atomic E-state index is 0.750. The number of hydrogen-bond donors (Lipinski definition) is 2. The Morgan fingerprint density at radius 1 is 1.14 bits per heavy atom. The summed E-state index contributed by atoms with van der Waals surface area (Å²) in [6.07, 6.45) is 6.89. The molecule has 0 aliphatic heterocycles. The molecule has 0 atom stereocenters. The van der Waals surface area contributed by atoms with Crippen LogP contribution in [0.2, 0.25) is 0 Å². The van der Waals surface area contributed by atoms with Crippen molar-refractivity contribution in [2.75, 3.05) is 33.9 Å². The minimum Gasteiger partial charge on any atom is -0.493 e. The molecule has 7 heteroatoms. The van der Waals surface area contributed by atoms with Gasteiger partial charge >= 0.3 is 0 Å². The van der Waals surface area contributed by atoms with Crippen LogP contribution in [0.1, 0.15) is 31.2 Å². The summed E-state index contributed by atoms with van der Waals surface area (Å²) in [5.74, 6) is 3.43. The molecule has 0 saturated heterocycles. The molecule has 1 heterocycles. The van der Waals surface area contributed by atoms with Crippen molar-refractivity contribution in [2.24, 2.45) is 4.99 Å². The predicted octanol–water partition coefficient (Wildman–Crippen LogP) is 2.79. The minimum atomic E-state index is 0.750. The highest BCUT2D eigenvalue weighted by Crippen LogP contribution is 2.27. The van der Waals surface area contributed by atoms with Gasteiger partial charge in [0.1, 0.15) is 5.82 Å². The second kappa shape index (κ2) is 11.9. The molecule has 0 bridgehead atoms. The van der Waals surface area contributed by atoms with Crippen LogP contribution in [-0.4, -0.2) is 49.4 Å². The molecular weight excluding hydrogens is 354 g/mol. The molecule has 0 spiro atoms. The van der Waals surface area contributed by atoms with Gasteiger partial charge in [0.05, 0.1) is 14.2 Å². The van der Waals surface area contributed by atoms with Crippen molar-refractivity contribution in [3.05, 3.63) is 42.0 Å². The lowest BCUT2D eigenvalue weighted by Crippen LogP contribution is -2.38. The van der Waals surface area contributed by atoms with Crippen molar-refractivity contribution in [3.63, 3.8) is 0 Å². The van der Waals surface area contributed by atoms with Gasteiger partial charge in [0.2, 0.25) is 0 Å². The average molecular weight is 388 g/mol. The number of aliphatic imine (C=N–C) groups is 1. The van der Waals surface area contributed by atoms with Gasteiger partial charge in [0, 0.05) is 38.6 Å². The largest absolute Gasteiger partial charge is 0.493 e. The fourth-order valence-corrected chi connectivity index (χ4v) is 2.93. The molecule has 0 amide bonds. The number of aromatic nitrogens is 2. The molecule has 0 aliphatic rings. The molecule has 1 aromatic carbocycles. The number of aryl methyl sites for hydroxylation is 2. The van der Waals surface area contributed by atoms with Gasteiger partial charge < -0.3 is 24.7 Å². The van der Waals surface area contributed by atoms with Crippen LogP contribution in [0.3, 0.4) is 0 Å². The van der Waals surface area contributed by atoms with Crippen molar-refractivity contribution < 1.29 is 9.47 Å². The zero-order valence-corrected chi connectivity index (χ0v) is 17.5. The second-order valence-electron chi connectivity index (χ2n) is 6.50. The van der Waals surface area contributed by atoms with E-state index >= 15 is 0 Å². The normalized spacial score (nSPS) is 11.4. The van der Waals surface area contributed by atoms with E-state index in [1.165, 1.54) is 5.56 Å². The third kappa shape index (κ3) is 6.79. The van der Waals surface area contributed by atoms with Crippen molar-refractivity contribution in [1.29, 1.82) is 0 Å². The molecule has 2 aromatic rings. The number of methoxy groups -OCH3 is 2. The molecule has 7 nitrogen and oxygen atoms in total. The van der Waals surface area contributed by atoms with Gasteiger partial charge in [0.15, 0.2) is 17.5 Å². The Balaban J connectivity index is 1.75. The van der Waals surface area contributed by atoms with E-state index in [4.69, 9.17) is 9.47 Å². The topological polar surface area (TPSA) is 72.7 Å². The molecule has 154 valence electrons. The summed E-state index contributed by atoms with van der Waals surface area (Å²) in [7, 11) is 3.30. The summed E-state index contributed by atoms with van der Waals surface area (Å²) in [5, 5.41) is 6.70. The fourth-order valence-electron chi connectivity index (χ4n) is 2.93. The number of guanidine groups is 1. The maximum atomic E-state index is 5.37. The molecular formula is C21H33N5O2. The third-order valence-corrected chi connectivity index (χ3v) is 4.50. The van der Waals surface area contributed by atoms with Gasteiger partial charge in [-0.25, -0.2) is 4.98 Å². The fraction of sp³-hybridized carbons (Fsp3) is 0.524. The monoisotopic (exact) mass is 387 g/mol. The van der Waals surface area contributed by atoms with Crippen LogP contribution in [0.4, 0.5) is 0 Å². The van der Waals surface area contributed by atoms with Crippen LogP contribution < -0.4 is 20.1 Å². The summed E-state index contributed by atoms with van der Waals surface area (Å²) in [4.78, 5) is 8.92. The molecule has 0 saturated carbocycles. The van der Waals surface area contributed by atoms with Gasteiger partial charge in [0.25, 0.3) is 0 Å². The maximum Gasteiger partial charge on any atom is 0.191 e. The van der Waals surface area contributed by atoms with E-state index < -0.39 is 0 Å². The Hall–Kier alpha value is -2.70. The molecule has 1 aromatic heterocycles. The molecule has 0 aliphatic carbocycles.